The number of rotatable bonds is 4. The Balaban J connectivity index is 1.52. The fourth-order valence-electron chi connectivity index (χ4n) is 3.22. The lowest BCUT2D eigenvalue weighted by atomic mass is 10.1. The van der Waals surface area contributed by atoms with Crippen LogP contribution in [0, 0.1) is 5.82 Å². The van der Waals surface area contributed by atoms with Gasteiger partial charge in [0.15, 0.2) is 0 Å². The number of likely N-dealkylation sites (tertiary alicyclic amines) is 1. The molecule has 1 atom stereocenters. The molecule has 1 aromatic carbocycles. The van der Waals surface area contributed by atoms with Crippen LogP contribution in [0.1, 0.15) is 23.4 Å². The van der Waals surface area contributed by atoms with Crippen LogP contribution in [0.25, 0.3) is 11.3 Å². The Kier molecular flexibility index (Phi) is 4.05. The van der Waals surface area contributed by atoms with Crippen LogP contribution >= 0.6 is 0 Å². The molecule has 0 N–H and O–H groups in total. The molecule has 0 saturated carbocycles. The number of halogens is 1. The van der Waals surface area contributed by atoms with Gasteiger partial charge in [-0.3, -0.25) is 9.48 Å². The minimum Gasteiger partial charge on any atom is -0.350 e. The van der Waals surface area contributed by atoms with Crippen LogP contribution in [-0.4, -0.2) is 38.3 Å². The fourth-order valence-corrected chi connectivity index (χ4v) is 3.22. The standard InChI is InChI=1S/C18H17FN4O2/c19-14-5-1-4-13(10-14)16-11-17(25-21-16)18(24)23-9-2-6-15(23)12-22-8-3-7-20-22/h1,3-5,7-8,10-11,15H,2,6,9,12H2/t15-/m0/s1. The molecule has 3 aromatic rings. The molecule has 0 radical (unpaired) electrons. The van der Waals surface area contributed by atoms with E-state index in [-0.39, 0.29) is 23.5 Å². The molecule has 1 amide bonds. The van der Waals surface area contributed by atoms with Crippen LogP contribution in [-0.2, 0) is 6.54 Å². The Hall–Kier alpha value is -2.96. The normalized spacial score (nSPS) is 17.2. The quantitative estimate of drug-likeness (QED) is 0.732. The third kappa shape index (κ3) is 3.17. The summed E-state index contributed by atoms with van der Waals surface area (Å²) in [6, 6.07) is 9.56. The zero-order valence-corrected chi connectivity index (χ0v) is 13.5. The van der Waals surface area contributed by atoms with Gasteiger partial charge in [0.1, 0.15) is 11.5 Å². The van der Waals surface area contributed by atoms with Crippen LogP contribution in [0.15, 0.2) is 53.3 Å². The number of carbonyl (C=O) groups excluding carboxylic acids is 1. The molecule has 0 aliphatic carbocycles. The zero-order valence-electron chi connectivity index (χ0n) is 13.5. The molecule has 128 valence electrons. The summed E-state index contributed by atoms with van der Waals surface area (Å²) in [6.45, 7) is 1.34. The van der Waals surface area contributed by atoms with Gasteiger partial charge in [0.05, 0.1) is 12.6 Å². The molecule has 4 rings (SSSR count). The van der Waals surface area contributed by atoms with Crippen molar-refractivity contribution in [3.8, 4) is 11.3 Å². The van der Waals surface area contributed by atoms with E-state index in [4.69, 9.17) is 4.52 Å². The molecule has 1 aliphatic rings. The van der Waals surface area contributed by atoms with Crippen LogP contribution in [0.3, 0.4) is 0 Å². The second kappa shape index (κ2) is 6.51. The molecule has 2 aromatic heterocycles. The molecule has 7 heteroatoms. The Bertz CT molecular complexity index is 875. The summed E-state index contributed by atoms with van der Waals surface area (Å²) in [4.78, 5) is 14.6. The lowest BCUT2D eigenvalue weighted by Gasteiger charge is -2.23. The Morgan fingerprint density at radius 2 is 2.24 bits per heavy atom. The van der Waals surface area contributed by atoms with Crippen molar-refractivity contribution in [2.45, 2.75) is 25.4 Å². The topological polar surface area (TPSA) is 64.2 Å². The highest BCUT2D eigenvalue weighted by Crippen LogP contribution is 2.24. The average molecular weight is 340 g/mol. The number of hydrogen-bond acceptors (Lipinski definition) is 4. The number of nitrogens with zero attached hydrogens (tertiary/aromatic N) is 4. The molecule has 25 heavy (non-hydrogen) atoms. The second-order valence-electron chi connectivity index (χ2n) is 6.11. The number of hydrogen-bond donors (Lipinski definition) is 0. The molecular weight excluding hydrogens is 323 g/mol. The van der Waals surface area contributed by atoms with Crippen LogP contribution in [0.2, 0.25) is 0 Å². The van der Waals surface area contributed by atoms with Crippen molar-refractivity contribution >= 4 is 5.91 Å². The SMILES string of the molecule is O=C(c1cc(-c2cccc(F)c2)no1)N1CCC[C@H]1Cn1cccn1. The van der Waals surface area contributed by atoms with Gasteiger partial charge in [0, 0.05) is 30.6 Å². The third-order valence-electron chi connectivity index (χ3n) is 4.44. The highest BCUT2D eigenvalue weighted by Gasteiger charge is 2.32. The fraction of sp³-hybridized carbons (Fsp3) is 0.278. The van der Waals surface area contributed by atoms with Gasteiger partial charge in [-0.2, -0.15) is 5.10 Å². The average Bonchev–Trinajstić information content (AvgIpc) is 3.36. The molecule has 0 bridgehead atoms. The van der Waals surface area contributed by atoms with E-state index in [0.29, 0.717) is 24.3 Å². The number of benzene rings is 1. The van der Waals surface area contributed by atoms with E-state index in [1.165, 1.54) is 12.1 Å². The van der Waals surface area contributed by atoms with Gasteiger partial charge in [-0.25, -0.2) is 4.39 Å². The molecule has 1 fully saturated rings. The van der Waals surface area contributed by atoms with Gasteiger partial charge in [-0.1, -0.05) is 17.3 Å². The smallest absolute Gasteiger partial charge is 0.292 e. The number of amides is 1. The van der Waals surface area contributed by atoms with Crippen LogP contribution < -0.4 is 0 Å². The zero-order chi connectivity index (χ0) is 17.2. The van der Waals surface area contributed by atoms with Crippen molar-refractivity contribution < 1.29 is 13.7 Å². The van der Waals surface area contributed by atoms with E-state index in [9.17, 15) is 9.18 Å². The molecule has 0 spiro atoms. The van der Waals surface area contributed by atoms with Gasteiger partial charge in [-0.05, 0) is 31.0 Å². The van der Waals surface area contributed by atoms with Gasteiger partial charge < -0.3 is 9.42 Å². The van der Waals surface area contributed by atoms with Crippen molar-refractivity contribution in [1.29, 1.82) is 0 Å². The van der Waals surface area contributed by atoms with Gasteiger partial charge in [0.25, 0.3) is 5.91 Å². The molecule has 0 unspecified atom stereocenters. The highest BCUT2D eigenvalue weighted by molar-refractivity contribution is 5.92. The van der Waals surface area contributed by atoms with Gasteiger partial charge in [0.2, 0.25) is 5.76 Å². The summed E-state index contributed by atoms with van der Waals surface area (Å²) in [5.74, 6) is -0.372. The monoisotopic (exact) mass is 340 g/mol. The first-order valence-electron chi connectivity index (χ1n) is 8.22. The Morgan fingerprint density at radius 1 is 1.32 bits per heavy atom. The van der Waals surface area contributed by atoms with E-state index >= 15 is 0 Å². The van der Waals surface area contributed by atoms with Gasteiger partial charge >= 0.3 is 0 Å². The van der Waals surface area contributed by atoms with E-state index in [2.05, 4.69) is 10.3 Å². The summed E-state index contributed by atoms with van der Waals surface area (Å²) in [6.07, 6.45) is 5.49. The third-order valence-corrected chi connectivity index (χ3v) is 4.44. The maximum atomic E-state index is 13.4. The predicted octanol–water partition coefficient (Wildman–Crippen LogP) is 2.98. The molecular formula is C18H17FN4O2. The van der Waals surface area contributed by atoms with Crippen LogP contribution in [0.4, 0.5) is 4.39 Å². The van der Waals surface area contributed by atoms with Crippen molar-refractivity contribution in [2.24, 2.45) is 0 Å². The molecule has 6 nitrogen and oxygen atoms in total. The maximum Gasteiger partial charge on any atom is 0.292 e. The van der Waals surface area contributed by atoms with Crippen molar-refractivity contribution in [3.63, 3.8) is 0 Å². The predicted molar refractivity (Wildman–Crippen MR) is 88.2 cm³/mol. The molecule has 3 heterocycles. The van der Waals surface area contributed by atoms with E-state index in [1.807, 2.05) is 16.9 Å². The summed E-state index contributed by atoms with van der Waals surface area (Å²) in [7, 11) is 0. The van der Waals surface area contributed by atoms with E-state index in [1.54, 1.807) is 29.3 Å². The first-order valence-corrected chi connectivity index (χ1v) is 8.22. The summed E-state index contributed by atoms with van der Waals surface area (Å²) in [5.41, 5.74) is 1.03. The number of aromatic nitrogens is 3. The minimum atomic E-state index is -0.354. The van der Waals surface area contributed by atoms with Gasteiger partial charge in [-0.15, -0.1) is 0 Å². The largest absolute Gasteiger partial charge is 0.350 e. The first kappa shape index (κ1) is 15.6. The van der Waals surface area contributed by atoms with Crippen molar-refractivity contribution in [2.75, 3.05) is 6.54 Å². The minimum absolute atomic E-state index is 0.0788. The highest BCUT2D eigenvalue weighted by atomic mass is 19.1. The van der Waals surface area contributed by atoms with Crippen molar-refractivity contribution in [1.82, 2.24) is 19.8 Å². The van der Waals surface area contributed by atoms with Crippen LogP contribution in [0.5, 0.6) is 0 Å². The Morgan fingerprint density at radius 3 is 3.04 bits per heavy atom. The van der Waals surface area contributed by atoms with E-state index < -0.39 is 0 Å². The second-order valence-corrected chi connectivity index (χ2v) is 6.11. The first-order chi connectivity index (χ1) is 12.2. The summed E-state index contributed by atoms with van der Waals surface area (Å²) >= 11 is 0. The van der Waals surface area contributed by atoms with Crippen molar-refractivity contribution in [3.05, 3.63) is 60.4 Å². The Labute approximate surface area is 143 Å². The number of carbonyl (C=O) groups is 1. The lowest BCUT2D eigenvalue weighted by molar-refractivity contribution is 0.0679. The van der Waals surface area contributed by atoms with E-state index in [0.717, 1.165) is 12.8 Å². The lowest BCUT2D eigenvalue weighted by Crippen LogP contribution is -2.38. The summed E-state index contributed by atoms with van der Waals surface area (Å²) < 4.78 is 20.4. The summed E-state index contributed by atoms with van der Waals surface area (Å²) in [5, 5.41) is 8.12. The molecule has 1 aliphatic heterocycles. The maximum absolute atomic E-state index is 13.4. The molecule has 1 saturated heterocycles.